The van der Waals surface area contributed by atoms with Crippen LogP contribution in [0.3, 0.4) is 0 Å². The number of ether oxygens (including phenoxy) is 1. The molecule has 0 bridgehead atoms. The Morgan fingerprint density at radius 3 is 2.45 bits per heavy atom. The summed E-state index contributed by atoms with van der Waals surface area (Å²) in [5, 5.41) is 13.6. The summed E-state index contributed by atoms with van der Waals surface area (Å²) >= 11 is 0. The van der Waals surface area contributed by atoms with Gasteiger partial charge in [-0.25, -0.2) is 4.79 Å². The van der Waals surface area contributed by atoms with Crippen molar-refractivity contribution in [3.05, 3.63) is 39.9 Å². The van der Waals surface area contributed by atoms with Crippen molar-refractivity contribution in [2.24, 2.45) is 5.92 Å². The van der Waals surface area contributed by atoms with E-state index in [0.717, 1.165) is 6.54 Å². The predicted octanol–water partition coefficient (Wildman–Crippen LogP) is 2.42. The molecule has 0 atom stereocenters. The number of nitro groups is 1. The molecule has 20 heavy (non-hydrogen) atoms. The number of carbonyl (C=O) groups is 1. The molecule has 0 spiro atoms. The fourth-order valence-corrected chi connectivity index (χ4v) is 1.41. The van der Waals surface area contributed by atoms with Gasteiger partial charge < -0.3 is 10.1 Å². The van der Waals surface area contributed by atoms with E-state index in [4.69, 9.17) is 4.74 Å². The second-order valence-corrected chi connectivity index (χ2v) is 4.54. The second kappa shape index (κ2) is 9.28. The molecule has 0 fully saturated rings. The largest absolute Gasteiger partial charge is 0.461 e. The predicted molar refractivity (Wildman–Crippen MR) is 78.3 cm³/mol. The molecule has 1 aromatic rings. The highest BCUT2D eigenvalue weighted by molar-refractivity contribution is 5.89. The van der Waals surface area contributed by atoms with Crippen molar-refractivity contribution in [2.45, 2.75) is 13.8 Å². The van der Waals surface area contributed by atoms with Gasteiger partial charge in [0.25, 0.3) is 5.69 Å². The molecule has 7 heteroatoms. The van der Waals surface area contributed by atoms with Gasteiger partial charge in [-0.2, -0.15) is 0 Å². The van der Waals surface area contributed by atoms with E-state index in [9.17, 15) is 14.9 Å². The van der Waals surface area contributed by atoms with Crippen LogP contribution in [0.1, 0.15) is 24.2 Å². The van der Waals surface area contributed by atoms with Crippen LogP contribution in [0.5, 0.6) is 0 Å². The van der Waals surface area contributed by atoms with Crippen molar-refractivity contribution in [2.75, 3.05) is 19.7 Å². The molecule has 0 aromatic heterocycles. The minimum absolute atomic E-state index is 0. The van der Waals surface area contributed by atoms with Crippen molar-refractivity contribution in [3.63, 3.8) is 0 Å². The monoisotopic (exact) mass is 302 g/mol. The SMILES string of the molecule is CC(C)CNCCOC(=O)c1ccc([N+](=O)[O-])cc1.Cl. The van der Waals surface area contributed by atoms with Gasteiger partial charge in [0.05, 0.1) is 10.5 Å². The third kappa shape index (κ3) is 6.49. The molecule has 112 valence electrons. The molecular formula is C13H19ClN2O4. The highest BCUT2D eigenvalue weighted by Crippen LogP contribution is 2.12. The Morgan fingerprint density at radius 1 is 1.35 bits per heavy atom. The summed E-state index contributed by atoms with van der Waals surface area (Å²) in [6.45, 7) is 5.93. The van der Waals surface area contributed by atoms with Gasteiger partial charge in [0, 0.05) is 18.7 Å². The summed E-state index contributed by atoms with van der Waals surface area (Å²) in [6.07, 6.45) is 0. The van der Waals surface area contributed by atoms with Crippen LogP contribution in [0.25, 0.3) is 0 Å². The molecule has 0 saturated heterocycles. The minimum atomic E-state index is -0.509. The maximum absolute atomic E-state index is 11.6. The van der Waals surface area contributed by atoms with Gasteiger partial charge in [-0.05, 0) is 24.6 Å². The third-order valence-electron chi connectivity index (χ3n) is 2.38. The first-order valence-corrected chi connectivity index (χ1v) is 6.13. The van der Waals surface area contributed by atoms with Gasteiger partial charge in [-0.3, -0.25) is 10.1 Å². The number of hydrogen-bond acceptors (Lipinski definition) is 5. The number of hydrogen-bond donors (Lipinski definition) is 1. The van der Waals surface area contributed by atoms with E-state index in [1.807, 2.05) is 0 Å². The molecule has 0 heterocycles. The number of benzene rings is 1. The van der Waals surface area contributed by atoms with E-state index in [-0.39, 0.29) is 24.7 Å². The van der Waals surface area contributed by atoms with E-state index in [0.29, 0.717) is 18.0 Å². The fraction of sp³-hybridized carbons (Fsp3) is 0.462. The Kier molecular flexibility index (Phi) is 8.51. The van der Waals surface area contributed by atoms with E-state index in [1.54, 1.807) is 0 Å². The lowest BCUT2D eigenvalue weighted by Crippen LogP contribution is -2.25. The second-order valence-electron chi connectivity index (χ2n) is 4.54. The number of non-ortho nitro benzene ring substituents is 1. The van der Waals surface area contributed by atoms with Crippen LogP contribution < -0.4 is 5.32 Å². The quantitative estimate of drug-likeness (QED) is 0.362. The van der Waals surface area contributed by atoms with Crippen LogP contribution in [0.2, 0.25) is 0 Å². The standard InChI is InChI=1S/C13H18N2O4.ClH/c1-10(2)9-14-7-8-19-13(16)11-3-5-12(6-4-11)15(17)18;/h3-6,10,14H,7-9H2,1-2H3;1H. The van der Waals surface area contributed by atoms with E-state index < -0.39 is 10.9 Å². The summed E-state index contributed by atoms with van der Waals surface area (Å²) in [7, 11) is 0. The lowest BCUT2D eigenvalue weighted by atomic mass is 10.2. The van der Waals surface area contributed by atoms with Crippen LogP contribution in [-0.4, -0.2) is 30.6 Å². The van der Waals surface area contributed by atoms with Gasteiger partial charge in [-0.15, -0.1) is 12.4 Å². The number of nitro benzene ring substituents is 1. The summed E-state index contributed by atoms with van der Waals surface area (Å²) in [5.74, 6) is 0.0756. The molecule has 0 saturated carbocycles. The molecule has 1 rings (SSSR count). The van der Waals surface area contributed by atoms with E-state index >= 15 is 0 Å². The molecule has 0 aliphatic rings. The summed E-state index contributed by atoms with van der Waals surface area (Å²) in [4.78, 5) is 21.6. The zero-order chi connectivity index (χ0) is 14.3. The zero-order valence-corrected chi connectivity index (χ0v) is 12.3. The smallest absolute Gasteiger partial charge is 0.338 e. The third-order valence-corrected chi connectivity index (χ3v) is 2.38. The topological polar surface area (TPSA) is 81.5 Å². The van der Waals surface area contributed by atoms with Crippen molar-refractivity contribution in [3.8, 4) is 0 Å². The number of nitrogens with zero attached hydrogens (tertiary/aromatic N) is 1. The Labute approximate surface area is 124 Å². The van der Waals surface area contributed by atoms with Crippen molar-refractivity contribution >= 4 is 24.1 Å². The Bertz CT molecular complexity index is 435. The number of esters is 1. The van der Waals surface area contributed by atoms with Crippen LogP contribution in [-0.2, 0) is 4.74 Å². The Balaban J connectivity index is 0.00000361. The normalized spacial score (nSPS) is 9.95. The zero-order valence-electron chi connectivity index (χ0n) is 11.5. The van der Waals surface area contributed by atoms with Gasteiger partial charge in [0.1, 0.15) is 6.61 Å². The van der Waals surface area contributed by atoms with Gasteiger partial charge in [-0.1, -0.05) is 13.8 Å². The molecule has 0 aliphatic carbocycles. The van der Waals surface area contributed by atoms with Crippen molar-refractivity contribution < 1.29 is 14.5 Å². The molecule has 0 aliphatic heterocycles. The molecule has 0 unspecified atom stereocenters. The number of rotatable bonds is 7. The first kappa shape index (κ1) is 18.3. The maximum atomic E-state index is 11.6. The van der Waals surface area contributed by atoms with Gasteiger partial charge in [0.15, 0.2) is 0 Å². The highest BCUT2D eigenvalue weighted by atomic mass is 35.5. The molecule has 6 nitrogen and oxygen atoms in total. The lowest BCUT2D eigenvalue weighted by Gasteiger charge is -2.08. The lowest BCUT2D eigenvalue weighted by molar-refractivity contribution is -0.384. The van der Waals surface area contributed by atoms with Gasteiger partial charge in [0.2, 0.25) is 0 Å². The molecule has 1 N–H and O–H groups in total. The first-order valence-electron chi connectivity index (χ1n) is 6.13. The fourth-order valence-electron chi connectivity index (χ4n) is 1.41. The summed E-state index contributed by atoms with van der Waals surface area (Å²) in [6, 6.07) is 5.35. The van der Waals surface area contributed by atoms with E-state index in [1.165, 1.54) is 24.3 Å². The van der Waals surface area contributed by atoms with E-state index in [2.05, 4.69) is 19.2 Å². The van der Waals surface area contributed by atoms with Crippen LogP contribution in [0, 0.1) is 16.0 Å². The van der Waals surface area contributed by atoms with Gasteiger partial charge >= 0.3 is 5.97 Å². The first-order chi connectivity index (χ1) is 9.00. The van der Waals surface area contributed by atoms with Crippen LogP contribution in [0.4, 0.5) is 5.69 Å². The van der Waals surface area contributed by atoms with Crippen LogP contribution in [0.15, 0.2) is 24.3 Å². The molecule has 0 radical (unpaired) electrons. The Hall–Kier alpha value is -1.66. The molecular weight excluding hydrogens is 284 g/mol. The van der Waals surface area contributed by atoms with Crippen molar-refractivity contribution in [1.29, 1.82) is 0 Å². The summed E-state index contributed by atoms with van der Waals surface area (Å²) in [5.41, 5.74) is 0.268. The average molecular weight is 303 g/mol. The minimum Gasteiger partial charge on any atom is -0.461 e. The van der Waals surface area contributed by atoms with Crippen molar-refractivity contribution in [1.82, 2.24) is 5.32 Å². The summed E-state index contributed by atoms with van der Waals surface area (Å²) < 4.78 is 5.04. The number of nitrogens with one attached hydrogen (secondary N) is 1. The maximum Gasteiger partial charge on any atom is 0.338 e. The number of carbonyl (C=O) groups excluding carboxylic acids is 1. The molecule has 1 aromatic carbocycles. The average Bonchev–Trinajstić information content (AvgIpc) is 2.37. The van der Waals surface area contributed by atoms with Crippen LogP contribution >= 0.6 is 12.4 Å². The number of halogens is 1. The Morgan fingerprint density at radius 2 is 1.95 bits per heavy atom. The highest BCUT2D eigenvalue weighted by Gasteiger charge is 2.10. The molecule has 0 amide bonds.